The van der Waals surface area contributed by atoms with E-state index in [0.717, 1.165) is 5.56 Å². The SMILES string of the molecule is CN(C)[C@@H](N=Nc1ccc([N+](=O)[O-])cc1)c1ccccc1. The molecule has 21 heavy (non-hydrogen) atoms. The van der Waals surface area contributed by atoms with Crippen molar-refractivity contribution in [3.8, 4) is 0 Å². The zero-order valence-corrected chi connectivity index (χ0v) is 11.9. The first kappa shape index (κ1) is 14.8. The third-order valence-corrected chi connectivity index (χ3v) is 2.93. The molecule has 0 aliphatic carbocycles. The molecule has 0 N–H and O–H groups in total. The topological polar surface area (TPSA) is 71.1 Å². The molecule has 0 saturated carbocycles. The molecule has 0 saturated heterocycles. The van der Waals surface area contributed by atoms with E-state index in [9.17, 15) is 10.1 Å². The maximum atomic E-state index is 10.6. The second kappa shape index (κ2) is 6.71. The fraction of sp³-hybridized carbons (Fsp3) is 0.200. The van der Waals surface area contributed by atoms with Gasteiger partial charge in [-0.2, -0.15) is 10.2 Å². The molecule has 0 aliphatic rings. The molecule has 108 valence electrons. The van der Waals surface area contributed by atoms with Gasteiger partial charge >= 0.3 is 0 Å². The molecule has 0 aromatic heterocycles. The van der Waals surface area contributed by atoms with E-state index < -0.39 is 4.92 Å². The van der Waals surface area contributed by atoms with E-state index in [1.807, 2.05) is 49.3 Å². The number of nitro benzene ring substituents is 1. The molecular formula is C15H16N4O2. The number of nitro groups is 1. The summed E-state index contributed by atoms with van der Waals surface area (Å²) in [6, 6.07) is 15.8. The summed E-state index contributed by atoms with van der Waals surface area (Å²) in [4.78, 5) is 12.1. The van der Waals surface area contributed by atoms with Crippen LogP contribution in [0.5, 0.6) is 0 Å². The Morgan fingerprint density at radius 3 is 2.19 bits per heavy atom. The highest BCUT2D eigenvalue weighted by atomic mass is 16.6. The lowest BCUT2D eigenvalue weighted by molar-refractivity contribution is -0.384. The maximum Gasteiger partial charge on any atom is 0.269 e. The monoisotopic (exact) mass is 284 g/mol. The summed E-state index contributed by atoms with van der Waals surface area (Å²) < 4.78 is 0. The fourth-order valence-corrected chi connectivity index (χ4v) is 1.86. The number of azo groups is 1. The smallest absolute Gasteiger partial charge is 0.269 e. The summed E-state index contributed by atoms with van der Waals surface area (Å²) in [5.41, 5.74) is 1.66. The van der Waals surface area contributed by atoms with Crippen molar-refractivity contribution in [3.05, 3.63) is 70.3 Å². The van der Waals surface area contributed by atoms with Crippen molar-refractivity contribution in [1.29, 1.82) is 0 Å². The molecule has 6 heteroatoms. The van der Waals surface area contributed by atoms with E-state index >= 15 is 0 Å². The lowest BCUT2D eigenvalue weighted by Gasteiger charge is -2.19. The molecule has 2 rings (SSSR count). The predicted molar refractivity (Wildman–Crippen MR) is 80.5 cm³/mol. The molecule has 0 spiro atoms. The average molecular weight is 284 g/mol. The van der Waals surface area contributed by atoms with Gasteiger partial charge in [-0.3, -0.25) is 15.0 Å². The Morgan fingerprint density at radius 1 is 1.05 bits per heavy atom. The number of hydrogen-bond acceptors (Lipinski definition) is 5. The van der Waals surface area contributed by atoms with Gasteiger partial charge in [0.15, 0.2) is 0 Å². The van der Waals surface area contributed by atoms with Crippen LogP contribution >= 0.6 is 0 Å². The molecule has 0 bridgehead atoms. The summed E-state index contributed by atoms with van der Waals surface area (Å²) in [6.45, 7) is 0. The van der Waals surface area contributed by atoms with Gasteiger partial charge < -0.3 is 0 Å². The average Bonchev–Trinajstić information content (AvgIpc) is 2.48. The summed E-state index contributed by atoms with van der Waals surface area (Å²) in [5.74, 6) is 0. The molecule has 0 amide bonds. The van der Waals surface area contributed by atoms with Crippen LogP contribution in [-0.4, -0.2) is 23.9 Å². The van der Waals surface area contributed by atoms with E-state index in [1.165, 1.54) is 12.1 Å². The molecule has 0 aliphatic heterocycles. The predicted octanol–water partition coefficient (Wildman–Crippen LogP) is 3.94. The number of hydrogen-bond donors (Lipinski definition) is 0. The van der Waals surface area contributed by atoms with Crippen LogP contribution in [0.3, 0.4) is 0 Å². The van der Waals surface area contributed by atoms with Gasteiger partial charge in [0.2, 0.25) is 0 Å². The Labute approximate surface area is 122 Å². The summed E-state index contributed by atoms with van der Waals surface area (Å²) in [5, 5.41) is 19.1. The van der Waals surface area contributed by atoms with Crippen molar-refractivity contribution in [2.24, 2.45) is 10.2 Å². The second-order valence-electron chi connectivity index (χ2n) is 4.74. The first-order valence-electron chi connectivity index (χ1n) is 6.44. The molecule has 0 fully saturated rings. The summed E-state index contributed by atoms with van der Waals surface area (Å²) in [6.07, 6.45) is -0.193. The van der Waals surface area contributed by atoms with Crippen molar-refractivity contribution < 1.29 is 4.92 Å². The van der Waals surface area contributed by atoms with Crippen LogP contribution in [0, 0.1) is 10.1 Å². The zero-order chi connectivity index (χ0) is 15.2. The number of non-ortho nitro benzene ring substituents is 1. The molecule has 0 unspecified atom stereocenters. The van der Waals surface area contributed by atoms with Crippen molar-refractivity contribution in [2.45, 2.75) is 6.17 Å². The quantitative estimate of drug-likeness (QED) is 0.474. The Balaban J connectivity index is 2.19. The number of nitrogens with zero attached hydrogens (tertiary/aromatic N) is 4. The van der Waals surface area contributed by atoms with Gasteiger partial charge in [-0.15, -0.1) is 0 Å². The van der Waals surface area contributed by atoms with Gasteiger partial charge in [-0.25, -0.2) is 0 Å². The van der Waals surface area contributed by atoms with Gasteiger partial charge in [0.1, 0.15) is 6.17 Å². The van der Waals surface area contributed by atoms with Crippen LogP contribution in [-0.2, 0) is 0 Å². The molecule has 0 radical (unpaired) electrons. The van der Waals surface area contributed by atoms with Crippen LogP contribution in [0.2, 0.25) is 0 Å². The maximum absolute atomic E-state index is 10.6. The number of rotatable bonds is 5. The van der Waals surface area contributed by atoms with E-state index in [1.54, 1.807) is 12.1 Å². The minimum atomic E-state index is -0.437. The van der Waals surface area contributed by atoms with E-state index in [4.69, 9.17) is 0 Å². The van der Waals surface area contributed by atoms with E-state index in [2.05, 4.69) is 10.2 Å². The largest absolute Gasteiger partial charge is 0.283 e. The highest BCUT2D eigenvalue weighted by Crippen LogP contribution is 2.23. The van der Waals surface area contributed by atoms with Gasteiger partial charge in [-0.1, -0.05) is 30.3 Å². The minimum absolute atomic E-state index is 0.0427. The highest BCUT2D eigenvalue weighted by Gasteiger charge is 2.12. The standard InChI is InChI=1S/C15H16N4O2/c1-18(2)15(12-6-4-3-5-7-12)17-16-13-8-10-14(11-9-13)19(20)21/h3-11,15H,1-2H3/t15-/m1/s1. The molecule has 1 atom stereocenters. The normalized spacial score (nSPS) is 12.7. The van der Waals surface area contributed by atoms with E-state index in [0.29, 0.717) is 5.69 Å². The molecule has 0 heterocycles. The Hall–Kier alpha value is -2.60. The van der Waals surface area contributed by atoms with Crippen LogP contribution in [0.15, 0.2) is 64.8 Å². The van der Waals surface area contributed by atoms with Gasteiger partial charge in [0.25, 0.3) is 5.69 Å². The van der Waals surface area contributed by atoms with Crippen LogP contribution in [0.25, 0.3) is 0 Å². The summed E-state index contributed by atoms with van der Waals surface area (Å²) in [7, 11) is 3.85. The third-order valence-electron chi connectivity index (χ3n) is 2.93. The molecule has 2 aromatic rings. The summed E-state index contributed by atoms with van der Waals surface area (Å²) >= 11 is 0. The minimum Gasteiger partial charge on any atom is -0.283 e. The van der Waals surface area contributed by atoms with Gasteiger partial charge in [-0.05, 0) is 31.8 Å². The lowest BCUT2D eigenvalue weighted by atomic mass is 10.2. The second-order valence-corrected chi connectivity index (χ2v) is 4.74. The lowest BCUT2D eigenvalue weighted by Crippen LogP contribution is -2.17. The number of benzene rings is 2. The van der Waals surface area contributed by atoms with E-state index in [-0.39, 0.29) is 11.9 Å². The highest BCUT2D eigenvalue weighted by molar-refractivity contribution is 5.43. The van der Waals surface area contributed by atoms with Crippen molar-refractivity contribution in [3.63, 3.8) is 0 Å². The fourth-order valence-electron chi connectivity index (χ4n) is 1.86. The van der Waals surface area contributed by atoms with Crippen LogP contribution in [0.1, 0.15) is 11.7 Å². The Kier molecular flexibility index (Phi) is 4.73. The van der Waals surface area contributed by atoms with Crippen molar-refractivity contribution in [1.82, 2.24) is 4.90 Å². The van der Waals surface area contributed by atoms with Crippen molar-refractivity contribution >= 4 is 11.4 Å². The third kappa shape index (κ3) is 3.93. The van der Waals surface area contributed by atoms with Crippen LogP contribution in [0.4, 0.5) is 11.4 Å². The van der Waals surface area contributed by atoms with Gasteiger partial charge in [0.05, 0.1) is 10.6 Å². The van der Waals surface area contributed by atoms with Crippen molar-refractivity contribution in [2.75, 3.05) is 14.1 Å². The molecular weight excluding hydrogens is 268 g/mol. The Morgan fingerprint density at radius 2 is 1.67 bits per heavy atom. The molecule has 2 aromatic carbocycles. The first-order valence-corrected chi connectivity index (χ1v) is 6.44. The zero-order valence-electron chi connectivity index (χ0n) is 11.9. The first-order chi connectivity index (χ1) is 10.1. The van der Waals surface area contributed by atoms with Crippen LogP contribution < -0.4 is 0 Å². The molecule has 6 nitrogen and oxygen atoms in total. The Bertz CT molecular complexity index is 624. The van der Waals surface area contributed by atoms with Gasteiger partial charge in [0, 0.05) is 12.1 Å².